The first-order valence-corrected chi connectivity index (χ1v) is 9.75. The van der Waals surface area contributed by atoms with Gasteiger partial charge in [0.2, 0.25) is 0 Å². The van der Waals surface area contributed by atoms with Gasteiger partial charge in [0.15, 0.2) is 0 Å². The number of benzene rings is 2. The molecule has 2 heterocycles. The average molecular weight is 419 g/mol. The molecule has 0 atom stereocenters. The number of aromatic nitrogens is 2. The second kappa shape index (κ2) is 8.47. The van der Waals surface area contributed by atoms with E-state index in [1.807, 2.05) is 49.5 Å². The number of aryl methyl sites for hydroxylation is 1. The van der Waals surface area contributed by atoms with E-state index in [-0.39, 0.29) is 0 Å². The summed E-state index contributed by atoms with van der Waals surface area (Å²) in [5.41, 5.74) is 3.85. The molecular formula is C24H25N3O4. The Morgan fingerprint density at radius 1 is 0.774 bits per heavy atom. The van der Waals surface area contributed by atoms with Gasteiger partial charge >= 0.3 is 0 Å². The van der Waals surface area contributed by atoms with Gasteiger partial charge in [-0.15, -0.1) is 0 Å². The maximum absolute atomic E-state index is 5.52. The summed E-state index contributed by atoms with van der Waals surface area (Å²) >= 11 is 0. The number of hydrogen-bond acceptors (Lipinski definition) is 6. The minimum Gasteiger partial charge on any atom is -0.497 e. The van der Waals surface area contributed by atoms with Crippen molar-refractivity contribution in [2.75, 3.05) is 33.8 Å². The normalized spacial score (nSPS) is 10.7. The second-order valence-electron chi connectivity index (χ2n) is 6.97. The van der Waals surface area contributed by atoms with E-state index in [4.69, 9.17) is 18.9 Å². The lowest BCUT2D eigenvalue weighted by atomic mass is 10.1. The number of rotatable bonds is 7. The number of ether oxygens (including phenoxy) is 4. The highest BCUT2D eigenvalue weighted by molar-refractivity contribution is 5.96. The zero-order chi connectivity index (χ0) is 22.0. The first kappa shape index (κ1) is 20.4. The number of hydrogen-bond donors (Lipinski definition) is 1. The molecule has 1 N–H and O–H groups in total. The monoisotopic (exact) mass is 419 g/mol. The van der Waals surface area contributed by atoms with Crippen molar-refractivity contribution in [3.63, 3.8) is 0 Å². The Balaban J connectivity index is 1.81. The fraction of sp³-hybridized carbons (Fsp3) is 0.208. The molecule has 2 aromatic carbocycles. The highest BCUT2D eigenvalue weighted by Crippen LogP contribution is 2.37. The molecule has 160 valence electrons. The molecule has 0 fully saturated rings. The molecule has 0 unspecified atom stereocenters. The van der Waals surface area contributed by atoms with Crippen LogP contribution >= 0.6 is 0 Å². The maximum Gasteiger partial charge on any atom is 0.146 e. The summed E-state index contributed by atoms with van der Waals surface area (Å²) in [5, 5.41) is 4.39. The topological polar surface area (TPSA) is 66.8 Å². The summed E-state index contributed by atoms with van der Waals surface area (Å²) in [6.45, 7) is 0. The largest absolute Gasteiger partial charge is 0.497 e. The lowest BCUT2D eigenvalue weighted by molar-refractivity contribution is 0.394. The fourth-order valence-corrected chi connectivity index (χ4v) is 3.62. The van der Waals surface area contributed by atoms with E-state index in [0.717, 1.165) is 50.9 Å². The average Bonchev–Trinajstić information content (AvgIpc) is 3.16. The molecule has 4 rings (SSSR count). The summed E-state index contributed by atoms with van der Waals surface area (Å²) in [6, 6.07) is 15.6. The number of nitrogens with zero attached hydrogens (tertiary/aromatic N) is 2. The third-order valence-corrected chi connectivity index (χ3v) is 5.28. The molecule has 0 radical (unpaired) electrons. The van der Waals surface area contributed by atoms with Crippen molar-refractivity contribution < 1.29 is 18.9 Å². The van der Waals surface area contributed by atoms with E-state index in [1.54, 1.807) is 34.6 Å². The van der Waals surface area contributed by atoms with Gasteiger partial charge in [-0.3, -0.25) is 0 Å². The molecule has 2 aromatic heterocycles. The Bertz CT molecular complexity index is 1210. The SMILES string of the molecule is COc1cc(OC)cc(-c2cc3c(Nc4ccc(OC)cc4OC)nccc3n2C)c1. The van der Waals surface area contributed by atoms with E-state index in [0.29, 0.717) is 5.75 Å². The van der Waals surface area contributed by atoms with Crippen molar-refractivity contribution in [3.05, 3.63) is 54.7 Å². The Labute approximate surface area is 181 Å². The van der Waals surface area contributed by atoms with Crippen LogP contribution in [0.4, 0.5) is 11.5 Å². The molecule has 0 bridgehead atoms. The van der Waals surface area contributed by atoms with E-state index in [1.165, 1.54) is 0 Å². The number of methoxy groups -OCH3 is 4. The number of nitrogens with one attached hydrogen (secondary N) is 1. The van der Waals surface area contributed by atoms with E-state index >= 15 is 0 Å². The fourth-order valence-electron chi connectivity index (χ4n) is 3.62. The lowest BCUT2D eigenvalue weighted by Crippen LogP contribution is -1.98. The molecule has 0 aliphatic carbocycles. The second-order valence-corrected chi connectivity index (χ2v) is 6.97. The number of pyridine rings is 1. The van der Waals surface area contributed by atoms with Crippen molar-refractivity contribution >= 4 is 22.4 Å². The van der Waals surface area contributed by atoms with Gasteiger partial charge in [0.05, 0.1) is 39.6 Å². The van der Waals surface area contributed by atoms with E-state index < -0.39 is 0 Å². The van der Waals surface area contributed by atoms with Gasteiger partial charge < -0.3 is 28.8 Å². The van der Waals surface area contributed by atoms with Crippen LogP contribution in [-0.2, 0) is 7.05 Å². The van der Waals surface area contributed by atoms with Crippen LogP contribution in [0.3, 0.4) is 0 Å². The van der Waals surface area contributed by atoms with Gasteiger partial charge in [-0.25, -0.2) is 4.98 Å². The smallest absolute Gasteiger partial charge is 0.146 e. The summed E-state index contributed by atoms with van der Waals surface area (Å²) in [4.78, 5) is 4.58. The zero-order valence-electron chi connectivity index (χ0n) is 18.2. The molecule has 0 spiro atoms. The van der Waals surface area contributed by atoms with Gasteiger partial charge in [0.25, 0.3) is 0 Å². The van der Waals surface area contributed by atoms with Crippen molar-refractivity contribution in [2.24, 2.45) is 7.05 Å². The number of fused-ring (bicyclic) bond motifs is 1. The predicted octanol–water partition coefficient (Wildman–Crippen LogP) is 5.02. The summed E-state index contributed by atoms with van der Waals surface area (Å²) in [7, 11) is 8.58. The Morgan fingerprint density at radius 3 is 2.13 bits per heavy atom. The molecule has 0 aliphatic heterocycles. The standard InChI is InChI=1S/C24H25N3O4/c1-27-21-8-9-25-24(26-20-7-6-16(28-2)13-23(20)31-5)19(21)14-22(27)15-10-17(29-3)12-18(11-15)30-4/h6-14H,1-5H3,(H,25,26). The van der Waals surface area contributed by atoms with Gasteiger partial charge in [-0.2, -0.15) is 0 Å². The minimum absolute atomic E-state index is 0.673. The minimum atomic E-state index is 0.673. The third kappa shape index (κ3) is 3.82. The zero-order valence-corrected chi connectivity index (χ0v) is 18.2. The van der Waals surface area contributed by atoms with E-state index in [9.17, 15) is 0 Å². The Kier molecular flexibility index (Phi) is 5.58. The molecule has 31 heavy (non-hydrogen) atoms. The summed E-state index contributed by atoms with van der Waals surface area (Å²) in [6.07, 6.45) is 1.79. The lowest BCUT2D eigenvalue weighted by Gasteiger charge is -2.12. The quantitative estimate of drug-likeness (QED) is 0.454. The number of anilines is 2. The molecule has 4 aromatic rings. The Morgan fingerprint density at radius 2 is 1.48 bits per heavy atom. The maximum atomic E-state index is 5.52. The third-order valence-electron chi connectivity index (χ3n) is 5.28. The van der Waals surface area contributed by atoms with Crippen LogP contribution in [0.5, 0.6) is 23.0 Å². The highest BCUT2D eigenvalue weighted by Gasteiger charge is 2.15. The molecule has 7 nitrogen and oxygen atoms in total. The molecule has 0 amide bonds. The van der Waals surface area contributed by atoms with Crippen LogP contribution < -0.4 is 24.3 Å². The first-order chi connectivity index (χ1) is 15.1. The van der Waals surface area contributed by atoms with Crippen LogP contribution in [0, 0.1) is 0 Å². The Hall–Kier alpha value is -3.87. The van der Waals surface area contributed by atoms with Crippen LogP contribution in [0.1, 0.15) is 0 Å². The highest BCUT2D eigenvalue weighted by atomic mass is 16.5. The van der Waals surface area contributed by atoms with Crippen molar-refractivity contribution in [3.8, 4) is 34.3 Å². The van der Waals surface area contributed by atoms with Gasteiger partial charge in [0, 0.05) is 42.0 Å². The molecule has 0 aliphatic rings. The van der Waals surface area contributed by atoms with Crippen LogP contribution in [0.2, 0.25) is 0 Å². The van der Waals surface area contributed by atoms with Gasteiger partial charge in [0.1, 0.15) is 28.8 Å². The van der Waals surface area contributed by atoms with E-state index in [2.05, 4.69) is 20.9 Å². The van der Waals surface area contributed by atoms with Crippen LogP contribution in [-0.4, -0.2) is 38.0 Å². The van der Waals surface area contributed by atoms with Gasteiger partial charge in [-0.05, 0) is 36.4 Å². The molecular weight excluding hydrogens is 394 g/mol. The molecule has 0 saturated carbocycles. The summed E-state index contributed by atoms with van der Waals surface area (Å²) in [5.74, 6) is 3.60. The molecule has 0 saturated heterocycles. The van der Waals surface area contributed by atoms with Crippen LogP contribution in [0.15, 0.2) is 54.7 Å². The van der Waals surface area contributed by atoms with Gasteiger partial charge in [-0.1, -0.05) is 0 Å². The molecule has 7 heteroatoms. The predicted molar refractivity (Wildman–Crippen MR) is 122 cm³/mol. The van der Waals surface area contributed by atoms with Crippen LogP contribution in [0.25, 0.3) is 22.2 Å². The van der Waals surface area contributed by atoms with Crippen molar-refractivity contribution in [1.82, 2.24) is 9.55 Å². The van der Waals surface area contributed by atoms with Crippen molar-refractivity contribution in [2.45, 2.75) is 0 Å². The first-order valence-electron chi connectivity index (χ1n) is 9.75. The summed E-state index contributed by atoms with van der Waals surface area (Å²) < 4.78 is 23.8. The van der Waals surface area contributed by atoms with Crippen molar-refractivity contribution in [1.29, 1.82) is 0 Å².